The topological polar surface area (TPSA) is 24.8 Å². The fourth-order valence-corrected chi connectivity index (χ4v) is 2.07. The first-order chi connectivity index (χ1) is 8.25. The molecule has 1 aromatic carbocycles. The molecule has 0 radical (unpaired) electrons. The normalized spacial score (nSPS) is 22.1. The summed E-state index contributed by atoms with van der Waals surface area (Å²) in [6.07, 6.45) is 3.35. The van der Waals surface area contributed by atoms with Gasteiger partial charge in [0.1, 0.15) is 19.5 Å². The van der Waals surface area contributed by atoms with Crippen LogP contribution in [0.5, 0.6) is 0 Å². The SMILES string of the molecule is Fc1ccc(C2COC=C3C=NCN32)cc1F. The summed E-state index contributed by atoms with van der Waals surface area (Å²) in [4.78, 5) is 6.12. The van der Waals surface area contributed by atoms with Gasteiger partial charge in [0.25, 0.3) is 0 Å². The molecule has 1 atom stereocenters. The van der Waals surface area contributed by atoms with Gasteiger partial charge in [-0.15, -0.1) is 0 Å². The molecule has 1 aromatic rings. The summed E-state index contributed by atoms with van der Waals surface area (Å²) >= 11 is 0. The van der Waals surface area contributed by atoms with E-state index in [0.29, 0.717) is 18.8 Å². The Kier molecular flexibility index (Phi) is 2.31. The van der Waals surface area contributed by atoms with Crippen molar-refractivity contribution in [3.63, 3.8) is 0 Å². The molecule has 0 spiro atoms. The van der Waals surface area contributed by atoms with Crippen molar-refractivity contribution in [2.45, 2.75) is 6.04 Å². The van der Waals surface area contributed by atoms with E-state index in [1.807, 2.05) is 4.90 Å². The number of aliphatic imine (C=N–C) groups is 1. The van der Waals surface area contributed by atoms with Crippen molar-refractivity contribution >= 4 is 6.21 Å². The number of hydrogen-bond donors (Lipinski definition) is 0. The molecule has 1 unspecified atom stereocenters. The van der Waals surface area contributed by atoms with E-state index in [1.54, 1.807) is 18.5 Å². The van der Waals surface area contributed by atoms with Crippen molar-refractivity contribution < 1.29 is 13.5 Å². The van der Waals surface area contributed by atoms with Crippen molar-refractivity contribution in [2.24, 2.45) is 4.99 Å². The Balaban J connectivity index is 1.94. The number of fused-ring (bicyclic) bond motifs is 1. The van der Waals surface area contributed by atoms with Crippen LogP contribution in [0.3, 0.4) is 0 Å². The molecule has 3 rings (SSSR count). The Morgan fingerprint density at radius 2 is 2.18 bits per heavy atom. The van der Waals surface area contributed by atoms with Gasteiger partial charge in [0.05, 0.1) is 18.0 Å². The van der Waals surface area contributed by atoms with Gasteiger partial charge in [-0.2, -0.15) is 0 Å². The molecule has 0 saturated carbocycles. The maximum Gasteiger partial charge on any atom is 0.159 e. The van der Waals surface area contributed by atoms with Crippen LogP contribution in [0.1, 0.15) is 11.6 Å². The summed E-state index contributed by atoms with van der Waals surface area (Å²) < 4.78 is 31.4. The summed E-state index contributed by atoms with van der Waals surface area (Å²) in [5.41, 5.74) is 1.56. The fourth-order valence-electron chi connectivity index (χ4n) is 2.07. The molecule has 0 saturated heterocycles. The van der Waals surface area contributed by atoms with Gasteiger partial charge < -0.3 is 9.64 Å². The highest BCUT2D eigenvalue weighted by Crippen LogP contribution is 2.30. The Bertz CT molecular complexity index is 513. The van der Waals surface area contributed by atoms with Gasteiger partial charge in [-0.3, -0.25) is 4.99 Å². The molecule has 0 amide bonds. The maximum absolute atomic E-state index is 13.2. The van der Waals surface area contributed by atoms with E-state index in [-0.39, 0.29) is 6.04 Å². The van der Waals surface area contributed by atoms with E-state index < -0.39 is 11.6 Å². The largest absolute Gasteiger partial charge is 0.496 e. The molecule has 3 nitrogen and oxygen atoms in total. The summed E-state index contributed by atoms with van der Waals surface area (Å²) in [6, 6.07) is 3.81. The highest BCUT2D eigenvalue weighted by molar-refractivity contribution is 5.79. The lowest BCUT2D eigenvalue weighted by molar-refractivity contribution is 0.113. The number of rotatable bonds is 1. The quantitative estimate of drug-likeness (QED) is 0.746. The predicted molar refractivity (Wildman–Crippen MR) is 58.3 cm³/mol. The van der Waals surface area contributed by atoms with Crippen LogP contribution in [0.25, 0.3) is 0 Å². The number of benzene rings is 1. The average molecular weight is 236 g/mol. The first-order valence-corrected chi connectivity index (χ1v) is 5.29. The second-order valence-electron chi connectivity index (χ2n) is 3.99. The molecule has 0 aromatic heterocycles. The minimum atomic E-state index is -0.835. The van der Waals surface area contributed by atoms with Crippen molar-refractivity contribution in [3.05, 3.63) is 47.4 Å². The molecule has 0 aliphatic carbocycles. The van der Waals surface area contributed by atoms with Gasteiger partial charge in [-0.25, -0.2) is 8.78 Å². The van der Waals surface area contributed by atoms with E-state index in [9.17, 15) is 8.78 Å². The van der Waals surface area contributed by atoms with Crippen LogP contribution < -0.4 is 0 Å². The number of ether oxygens (including phenoxy) is 1. The Morgan fingerprint density at radius 3 is 3.00 bits per heavy atom. The molecule has 88 valence electrons. The van der Waals surface area contributed by atoms with Gasteiger partial charge >= 0.3 is 0 Å². The van der Waals surface area contributed by atoms with Crippen LogP contribution >= 0.6 is 0 Å². The number of halogens is 2. The first kappa shape index (κ1) is 10.3. The van der Waals surface area contributed by atoms with E-state index in [4.69, 9.17) is 4.74 Å². The van der Waals surface area contributed by atoms with Gasteiger partial charge in [0, 0.05) is 0 Å². The second-order valence-corrected chi connectivity index (χ2v) is 3.99. The van der Waals surface area contributed by atoms with E-state index >= 15 is 0 Å². The average Bonchev–Trinajstić information content (AvgIpc) is 2.80. The highest BCUT2D eigenvalue weighted by atomic mass is 19.2. The minimum absolute atomic E-state index is 0.118. The van der Waals surface area contributed by atoms with Crippen LogP contribution in [0.15, 0.2) is 35.2 Å². The zero-order valence-corrected chi connectivity index (χ0v) is 8.94. The lowest BCUT2D eigenvalue weighted by Gasteiger charge is -2.32. The molecule has 2 aliphatic heterocycles. The summed E-state index contributed by atoms with van der Waals surface area (Å²) in [5, 5.41) is 0. The van der Waals surface area contributed by atoms with Crippen molar-refractivity contribution in [2.75, 3.05) is 13.3 Å². The third-order valence-electron chi connectivity index (χ3n) is 2.95. The van der Waals surface area contributed by atoms with E-state index in [2.05, 4.69) is 4.99 Å². The van der Waals surface area contributed by atoms with Crippen LogP contribution in [-0.2, 0) is 4.74 Å². The molecule has 0 bridgehead atoms. The maximum atomic E-state index is 13.2. The summed E-state index contributed by atoms with van der Waals surface area (Å²) in [6.45, 7) is 0.941. The summed E-state index contributed by atoms with van der Waals surface area (Å²) in [7, 11) is 0. The Morgan fingerprint density at radius 1 is 1.29 bits per heavy atom. The predicted octanol–water partition coefficient (Wildman–Crippen LogP) is 2.22. The standard InChI is InChI=1S/C12H10F2N2O/c13-10-2-1-8(3-11(10)14)12-6-17-5-9-4-15-7-16(9)12/h1-5,12H,6-7H2. The van der Waals surface area contributed by atoms with Crippen LogP contribution in [0.2, 0.25) is 0 Å². The minimum Gasteiger partial charge on any atom is -0.496 e. The van der Waals surface area contributed by atoms with Gasteiger partial charge in [-0.1, -0.05) is 6.07 Å². The molecule has 0 fully saturated rings. The van der Waals surface area contributed by atoms with Crippen molar-refractivity contribution in [1.82, 2.24) is 4.90 Å². The van der Waals surface area contributed by atoms with Crippen LogP contribution in [0, 0.1) is 11.6 Å². The number of nitrogens with zero attached hydrogens (tertiary/aromatic N) is 2. The fraction of sp³-hybridized carbons (Fsp3) is 0.250. The Hall–Kier alpha value is -1.91. The molecule has 5 heteroatoms. The molecule has 2 heterocycles. The number of hydrogen-bond acceptors (Lipinski definition) is 3. The monoisotopic (exact) mass is 236 g/mol. The molecular formula is C12H10F2N2O. The lowest BCUT2D eigenvalue weighted by Crippen LogP contribution is -2.32. The van der Waals surface area contributed by atoms with Crippen LogP contribution in [-0.4, -0.2) is 24.4 Å². The summed E-state index contributed by atoms with van der Waals surface area (Å²) in [5.74, 6) is -1.67. The van der Waals surface area contributed by atoms with Crippen molar-refractivity contribution in [3.8, 4) is 0 Å². The van der Waals surface area contributed by atoms with Crippen molar-refractivity contribution in [1.29, 1.82) is 0 Å². The van der Waals surface area contributed by atoms with Gasteiger partial charge in [0.2, 0.25) is 0 Å². The highest BCUT2D eigenvalue weighted by Gasteiger charge is 2.28. The molecule has 2 aliphatic rings. The molecular weight excluding hydrogens is 226 g/mol. The van der Waals surface area contributed by atoms with Gasteiger partial charge in [0.15, 0.2) is 11.6 Å². The van der Waals surface area contributed by atoms with Gasteiger partial charge in [-0.05, 0) is 17.7 Å². The Labute approximate surface area is 97.0 Å². The molecule has 17 heavy (non-hydrogen) atoms. The number of allylic oxidation sites excluding steroid dienone is 1. The smallest absolute Gasteiger partial charge is 0.159 e. The van der Waals surface area contributed by atoms with E-state index in [0.717, 1.165) is 11.8 Å². The lowest BCUT2D eigenvalue weighted by atomic mass is 10.0. The molecule has 0 N–H and O–H groups in total. The third kappa shape index (κ3) is 1.67. The van der Waals surface area contributed by atoms with Crippen LogP contribution in [0.4, 0.5) is 8.78 Å². The second kappa shape index (κ2) is 3.84. The zero-order valence-electron chi connectivity index (χ0n) is 8.94. The third-order valence-corrected chi connectivity index (χ3v) is 2.95. The first-order valence-electron chi connectivity index (χ1n) is 5.29. The zero-order chi connectivity index (χ0) is 11.8. The van der Waals surface area contributed by atoms with E-state index in [1.165, 1.54) is 6.07 Å².